The van der Waals surface area contributed by atoms with Gasteiger partial charge in [0.2, 0.25) is 5.91 Å². The Labute approximate surface area is 137 Å². The van der Waals surface area contributed by atoms with Crippen molar-refractivity contribution in [1.29, 1.82) is 0 Å². The van der Waals surface area contributed by atoms with Gasteiger partial charge in [0.1, 0.15) is 12.1 Å². The molecule has 0 saturated heterocycles. The first-order chi connectivity index (χ1) is 10.2. The van der Waals surface area contributed by atoms with Crippen LogP contribution in [-0.2, 0) is 20.7 Å². The Morgan fingerprint density at radius 2 is 2.05 bits per heavy atom. The smallest absolute Gasteiger partial charge is 0.325 e. The lowest BCUT2D eigenvalue weighted by atomic mass is 10.1. The van der Waals surface area contributed by atoms with E-state index in [-0.39, 0.29) is 18.9 Å². The minimum absolute atomic E-state index is 0.123. The molecule has 6 heteroatoms. The van der Waals surface area contributed by atoms with Gasteiger partial charge in [0, 0.05) is 21.6 Å². The zero-order chi connectivity index (χ0) is 16.3. The molecule has 0 aliphatic heterocycles. The van der Waals surface area contributed by atoms with Gasteiger partial charge in [-0.25, -0.2) is 0 Å². The fourth-order valence-corrected chi connectivity index (χ4v) is 2.44. The van der Waals surface area contributed by atoms with E-state index in [0.29, 0.717) is 0 Å². The third-order valence-electron chi connectivity index (χ3n) is 2.93. The van der Waals surface area contributed by atoms with Gasteiger partial charge in [-0.2, -0.15) is 0 Å². The van der Waals surface area contributed by atoms with Crippen molar-refractivity contribution in [3.63, 3.8) is 0 Å². The quantitative estimate of drug-likeness (QED) is 0.817. The molecule has 1 amide bonds. The van der Waals surface area contributed by atoms with Crippen LogP contribution in [0.4, 0.5) is 0 Å². The summed E-state index contributed by atoms with van der Waals surface area (Å²) in [7, 11) is 0. The van der Waals surface area contributed by atoms with Crippen molar-refractivity contribution < 1.29 is 14.3 Å². The van der Waals surface area contributed by atoms with E-state index in [9.17, 15) is 9.59 Å². The molecule has 1 aromatic carbocycles. The normalized spacial score (nSPS) is 11.5. The van der Waals surface area contributed by atoms with Crippen LogP contribution in [-0.4, -0.2) is 29.0 Å². The lowest BCUT2D eigenvalue weighted by Gasteiger charge is -2.19. The van der Waals surface area contributed by atoms with Crippen LogP contribution in [0.5, 0.6) is 0 Å². The summed E-state index contributed by atoms with van der Waals surface area (Å²) in [5, 5.41) is 3.57. The number of benzene rings is 1. The summed E-state index contributed by atoms with van der Waals surface area (Å²) < 4.78 is 6.10. The van der Waals surface area contributed by atoms with Crippen LogP contribution >= 0.6 is 15.9 Å². The SMILES string of the molecule is CC(C)(C)OC(=O)CNC(=O)Cc1c[nH]c2ccc(Br)cc12. The monoisotopic (exact) mass is 366 g/mol. The second kappa shape index (κ2) is 6.52. The lowest BCUT2D eigenvalue weighted by molar-refractivity contribution is -0.154. The average molecular weight is 367 g/mol. The minimum Gasteiger partial charge on any atom is -0.459 e. The van der Waals surface area contributed by atoms with Gasteiger partial charge in [-0.15, -0.1) is 0 Å². The molecule has 22 heavy (non-hydrogen) atoms. The van der Waals surface area contributed by atoms with E-state index in [0.717, 1.165) is 20.9 Å². The summed E-state index contributed by atoms with van der Waals surface area (Å²) >= 11 is 3.42. The first-order valence-corrected chi connectivity index (χ1v) is 7.78. The molecule has 0 radical (unpaired) electrons. The Morgan fingerprint density at radius 3 is 2.73 bits per heavy atom. The molecule has 0 fully saturated rings. The Kier molecular flexibility index (Phi) is 4.90. The van der Waals surface area contributed by atoms with Crippen LogP contribution in [0.2, 0.25) is 0 Å². The topological polar surface area (TPSA) is 71.2 Å². The third-order valence-corrected chi connectivity index (χ3v) is 3.42. The van der Waals surface area contributed by atoms with Crippen molar-refractivity contribution in [1.82, 2.24) is 10.3 Å². The fourth-order valence-electron chi connectivity index (χ4n) is 2.08. The molecule has 5 nitrogen and oxygen atoms in total. The van der Waals surface area contributed by atoms with Crippen molar-refractivity contribution in [3.05, 3.63) is 34.4 Å². The average Bonchev–Trinajstić information content (AvgIpc) is 2.77. The molecule has 1 heterocycles. The molecule has 0 aliphatic rings. The van der Waals surface area contributed by atoms with Crippen LogP contribution in [0.25, 0.3) is 10.9 Å². The molecular formula is C16H19BrN2O3. The van der Waals surface area contributed by atoms with E-state index in [1.54, 1.807) is 20.8 Å². The number of rotatable bonds is 4. The van der Waals surface area contributed by atoms with Crippen LogP contribution in [0.3, 0.4) is 0 Å². The van der Waals surface area contributed by atoms with Gasteiger partial charge in [-0.05, 0) is 44.5 Å². The van der Waals surface area contributed by atoms with Gasteiger partial charge in [0.25, 0.3) is 0 Å². The summed E-state index contributed by atoms with van der Waals surface area (Å²) in [5.41, 5.74) is 1.31. The number of H-pyrrole nitrogens is 1. The Balaban J connectivity index is 1.94. The van der Waals surface area contributed by atoms with Crippen molar-refractivity contribution in [3.8, 4) is 0 Å². The second-order valence-electron chi connectivity index (χ2n) is 6.04. The van der Waals surface area contributed by atoms with Gasteiger partial charge < -0.3 is 15.0 Å². The highest BCUT2D eigenvalue weighted by Crippen LogP contribution is 2.23. The minimum atomic E-state index is -0.551. The van der Waals surface area contributed by atoms with Crippen molar-refractivity contribution in [2.24, 2.45) is 0 Å². The number of hydrogen-bond acceptors (Lipinski definition) is 3. The maximum Gasteiger partial charge on any atom is 0.325 e. The number of aromatic amines is 1. The van der Waals surface area contributed by atoms with Gasteiger partial charge >= 0.3 is 5.97 Å². The van der Waals surface area contributed by atoms with E-state index in [1.807, 2.05) is 24.4 Å². The van der Waals surface area contributed by atoms with Gasteiger partial charge in [-0.3, -0.25) is 9.59 Å². The predicted molar refractivity (Wildman–Crippen MR) is 88.6 cm³/mol. The lowest BCUT2D eigenvalue weighted by Crippen LogP contribution is -2.35. The number of ether oxygens (including phenoxy) is 1. The Hall–Kier alpha value is -1.82. The van der Waals surface area contributed by atoms with Crippen LogP contribution in [0.1, 0.15) is 26.3 Å². The molecule has 0 spiro atoms. The maximum absolute atomic E-state index is 12.0. The number of carbonyl (C=O) groups is 2. The molecule has 0 saturated carbocycles. The zero-order valence-electron chi connectivity index (χ0n) is 12.8. The summed E-state index contributed by atoms with van der Waals surface area (Å²) in [6.45, 7) is 5.24. The Bertz CT molecular complexity index is 701. The number of fused-ring (bicyclic) bond motifs is 1. The van der Waals surface area contributed by atoms with Crippen LogP contribution < -0.4 is 5.32 Å². The van der Waals surface area contributed by atoms with E-state index < -0.39 is 11.6 Å². The second-order valence-corrected chi connectivity index (χ2v) is 6.96. The molecule has 0 unspecified atom stereocenters. The first-order valence-electron chi connectivity index (χ1n) is 6.99. The number of aromatic nitrogens is 1. The molecule has 2 N–H and O–H groups in total. The summed E-state index contributed by atoms with van der Waals surface area (Å²) in [6.07, 6.45) is 2.02. The van der Waals surface area contributed by atoms with Gasteiger partial charge in [0.15, 0.2) is 0 Å². The van der Waals surface area contributed by atoms with Gasteiger partial charge in [-0.1, -0.05) is 15.9 Å². The first kappa shape index (κ1) is 16.5. The van der Waals surface area contributed by atoms with E-state index in [2.05, 4.69) is 26.2 Å². The van der Waals surface area contributed by atoms with E-state index in [1.165, 1.54) is 0 Å². The molecular weight excluding hydrogens is 348 g/mol. The number of carbonyl (C=O) groups excluding carboxylic acids is 2. The molecule has 2 aromatic rings. The highest BCUT2D eigenvalue weighted by Gasteiger charge is 2.17. The largest absolute Gasteiger partial charge is 0.459 e. The number of esters is 1. The number of nitrogens with one attached hydrogen (secondary N) is 2. The standard InChI is InChI=1S/C16H19BrN2O3/c1-16(2,3)22-15(21)9-19-14(20)6-10-8-18-13-5-4-11(17)7-12(10)13/h4-5,7-8,18H,6,9H2,1-3H3,(H,19,20). The predicted octanol–water partition coefficient (Wildman–Crippen LogP) is 2.93. The van der Waals surface area contributed by atoms with Crippen molar-refractivity contribution in [2.75, 3.05) is 6.54 Å². The summed E-state index contributed by atoms with van der Waals surface area (Å²) in [6, 6.07) is 5.84. The molecule has 0 bridgehead atoms. The highest BCUT2D eigenvalue weighted by molar-refractivity contribution is 9.10. The third kappa shape index (κ3) is 4.59. The molecule has 2 rings (SSSR count). The molecule has 118 valence electrons. The number of hydrogen-bond donors (Lipinski definition) is 2. The number of halogens is 1. The van der Waals surface area contributed by atoms with Crippen molar-refractivity contribution >= 4 is 38.7 Å². The van der Waals surface area contributed by atoms with Gasteiger partial charge in [0.05, 0.1) is 6.42 Å². The highest BCUT2D eigenvalue weighted by atomic mass is 79.9. The Morgan fingerprint density at radius 1 is 1.32 bits per heavy atom. The van der Waals surface area contributed by atoms with E-state index in [4.69, 9.17) is 4.74 Å². The summed E-state index contributed by atoms with van der Waals surface area (Å²) in [5.74, 6) is -0.658. The van der Waals surface area contributed by atoms with Crippen LogP contribution in [0, 0.1) is 0 Å². The maximum atomic E-state index is 12.0. The molecule has 0 aliphatic carbocycles. The number of amides is 1. The van der Waals surface area contributed by atoms with Crippen LogP contribution in [0.15, 0.2) is 28.9 Å². The zero-order valence-corrected chi connectivity index (χ0v) is 14.4. The fraction of sp³-hybridized carbons (Fsp3) is 0.375. The van der Waals surface area contributed by atoms with Crippen molar-refractivity contribution in [2.45, 2.75) is 32.8 Å². The molecule has 1 aromatic heterocycles. The summed E-state index contributed by atoms with van der Waals surface area (Å²) in [4.78, 5) is 26.7. The molecule has 0 atom stereocenters. The van der Waals surface area contributed by atoms with E-state index >= 15 is 0 Å².